The van der Waals surface area contributed by atoms with Gasteiger partial charge in [0.25, 0.3) is 0 Å². The largest absolute Gasteiger partial charge is 0.665 e. The average Bonchev–Trinajstić information content (AvgIpc) is 0.918. The van der Waals surface area contributed by atoms with Crippen LogP contribution < -0.4 is 0 Å². The molecule has 0 saturated heterocycles. The Hall–Kier alpha value is 1.00. The summed E-state index contributed by atoms with van der Waals surface area (Å²) in [6, 6.07) is 0. The summed E-state index contributed by atoms with van der Waals surface area (Å²) >= 11 is 0. The average molecular weight is 361 g/mol. The van der Waals surface area contributed by atoms with Crippen molar-refractivity contribution >= 4 is 6.47 Å². The molecule has 0 spiro atoms. The van der Waals surface area contributed by atoms with Gasteiger partial charge in [0.1, 0.15) is 0 Å². The SMILES string of the molecule is O=[C-]O.[CH3-].[Cu].[Np]. The molecule has 0 amide bonds. The van der Waals surface area contributed by atoms with Crippen LogP contribution >= 0.6 is 0 Å². The monoisotopic (exact) mass is 359 g/mol. The number of rotatable bonds is 0. The molecule has 0 aromatic carbocycles. The molecule has 0 aliphatic carbocycles. The number of aliphatic hydroxyl groups excluding tert-OH is 1. The van der Waals surface area contributed by atoms with Gasteiger partial charge in [-0.05, 0) is 0 Å². The van der Waals surface area contributed by atoms with E-state index >= 15 is 0 Å². The molecule has 0 fully saturated rings. The summed E-state index contributed by atoms with van der Waals surface area (Å²) in [4.78, 5) is 8.24. The molecule has 2 nitrogen and oxygen atoms in total. The number of hydrogen-bond donors (Lipinski definition) is 1. The van der Waals surface area contributed by atoms with Gasteiger partial charge in [-0.3, -0.25) is 0 Å². The van der Waals surface area contributed by atoms with Crippen LogP contribution in [0.4, 0.5) is 0 Å². The zero-order valence-electron chi connectivity index (χ0n) is 3.10. The summed E-state index contributed by atoms with van der Waals surface area (Å²) in [5, 5.41) is 6.76. The standard InChI is InChI=1S/CHO2.CH3.Cu.Np/c2-1-3;;;/h(H,2,3);1H3;;/q2*-1;;. The summed E-state index contributed by atoms with van der Waals surface area (Å²) in [7, 11) is 0. The third-order valence-corrected chi connectivity index (χ3v) is 0. The maximum Gasteiger partial charge on any atom is 0 e. The van der Waals surface area contributed by atoms with E-state index in [2.05, 4.69) is 0 Å². The Morgan fingerprint density at radius 3 is 1.50 bits per heavy atom. The van der Waals surface area contributed by atoms with Crippen LogP contribution in [0.3, 0.4) is 0 Å². The first-order valence-electron chi connectivity index (χ1n) is 0.428. The van der Waals surface area contributed by atoms with E-state index in [1.807, 2.05) is 0 Å². The van der Waals surface area contributed by atoms with Crippen molar-refractivity contribution in [2.45, 2.75) is 0 Å². The maximum absolute atomic E-state index is 8.24. The van der Waals surface area contributed by atoms with E-state index < -0.39 is 0 Å². The molecular formula is C2H4CuNpO2-2. The maximum atomic E-state index is 8.24. The minimum Gasteiger partial charge on any atom is -0.665 e. The quantitative estimate of drug-likeness (QED) is 0.490. The first kappa shape index (κ1) is 28.0. The Kier molecular flexibility index (Phi) is 175. The van der Waals surface area contributed by atoms with Gasteiger partial charge >= 0.3 is 0 Å². The fraction of sp³-hybridized carbons (Fsp3) is 0. The second kappa shape index (κ2) is 37.5. The molecule has 0 atom stereocenters. The molecule has 6 heavy (non-hydrogen) atoms. The Balaban J connectivity index is -0.00000000667. The van der Waals surface area contributed by atoms with Crippen molar-refractivity contribution in [2.75, 3.05) is 0 Å². The second-order valence-corrected chi connectivity index (χ2v) is 0.0913. The molecule has 0 rings (SSSR count). The van der Waals surface area contributed by atoms with Crippen LogP contribution in [-0.2, 0) is 21.9 Å². The van der Waals surface area contributed by atoms with Crippen molar-refractivity contribution in [3.8, 4) is 0 Å². The van der Waals surface area contributed by atoms with Gasteiger partial charge in [-0.15, -0.1) is 0 Å². The van der Waals surface area contributed by atoms with Crippen molar-refractivity contribution in [2.24, 2.45) is 0 Å². The Morgan fingerprint density at radius 2 is 1.50 bits per heavy atom. The first-order chi connectivity index (χ1) is 1.41. The summed E-state index contributed by atoms with van der Waals surface area (Å²) in [5.41, 5.74) is 0. The summed E-state index contributed by atoms with van der Waals surface area (Å²) in [6.07, 6.45) is 0. The van der Waals surface area contributed by atoms with Gasteiger partial charge in [-0.1, -0.05) is 6.47 Å². The first-order valence-corrected chi connectivity index (χ1v) is 0.428. The van der Waals surface area contributed by atoms with Crippen LogP contribution in [0.15, 0.2) is 0 Å². The van der Waals surface area contributed by atoms with Gasteiger partial charge in [-0.2, -0.15) is 0 Å². The summed E-state index contributed by atoms with van der Waals surface area (Å²) in [6.45, 7) is 0.500. The van der Waals surface area contributed by atoms with Crippen molar-refractivity contribution in [3.63, 3.8) is 0 Å². The molecule has 0 aliphatic rings. The van der Waals surface area contributed by atoms with Crippen LogP contribution in [-0.4, -0.2) is 11.6 Å². The Morgan fingerprint density at radius 1 is 1.50 bits per heavy atom. The fourth-order valence-corrected chi connectivity index (χ4v) is 0. The van der Waals surface area contributed by atoms with Gasteiger partial charge in [0.05, 0.1) is 0 Å². The van der Waals surface area contributed by atoms with Crippen molar-refractivity contribution in [1.29, 1.82) is 0 Å². The zero-order valence-corrected chi connectivity index (χ0v) is 7.77. The third kappa shape index (κ3) is 79.7. The van der Waals surface area contributed by atoms with Crippen molar-refractivity contribution in [3.05, 3.63) is 7.43 Å². The van der Waals surface area contributed by atoms with E-state index in [1.165, 1.54) is 0 Å². The van der Waals surface area contributed by atoms with Crippen LogP contribution in [0.5, 0.6) is 0 Å². The molecule has 2 radical (unpaired) electrons. The van der Waals surface area contributed by atoms with E-state index in [-0.39, 0.29) is 54.4 Å². The van der Waals surface area contributed by atoms with Crippen LogP contribution in [0, 0.1) is 37.4 Å². The molecule has 4 heteroatoms. The molecule has 0 aromatic heterocycles. The molecule has 0 aromatic rings. The molecule has 0 aliphatic heterocycles. The van der Waals surface area contributed by atoms with Crippen molar-refractivity contribution in [1.82, 2.24) is 0 Å². The van der Waals surface area contributed by atoms with E-state index in [4.69, 9.17) is 9.90 Å². The van der Waals surface area contributed by atoms with E-state index in [0.29, 0.717) is 6.47 Å². The summed E-state index contributed by atoms with van der Waals surface area (Å²) < 4.78 is 0. The third-order valence-electron chi connectivity index (χ3n) is 0. The van der Waals surface area contributed by atoms with Crippen LogP contribution in [0.2, 0.25) is 0 Å². The summed E-state index contributed by atoms with van der Waals surface area (Å²) in [5.74, 6) is 0. The molecular weight excluding hydrogens is 357 g/mol. The van der Waals surface area contributed by atoms with Gasteiger partial charge in [-0.25, -0.2) is 0 Å². The smallest absolute Gasteiger partial charge is 0 e. The minimum absolute atomic E-state index is 0. The molecule has 0 unspecified atom stereocenters. The predicted octanol–water partition coefficient (Wildman–Crippen LogP) is 0.0594. The second-order valence-electron chi connectivity index (χ2n) is 0.0913. The Bertz CT molecular complexity index is 19.0. The number of hydrogen-bond acceptors (Lipinski definition) is 1. The minimum atomic E-state index is 0. The van der Waals surface area contributed by atoms with Gasteiger partial charge in [0, 0.05) is 47.0 Å². The van der Waals surface area contributed by atoms with E-state index in [9.17, 15) is 0 Å². The van der Waals surface area contributed by atoms with Crippen molar-refractivity contribution < 1.29 is 56.9 Å². The molecule has 0 saturated carbocycles. The van der Waals surface area contributed by atoms with Crippen LogP contribution in [0.1, 0.15) is 0 Å². The van der Waals surface area contributed by atoms with E-state index in [1.54, 1.807) is 0 Å². The van der Waals surface area contributed by atoms with Gasteiger partial charge in [0.2, 0.25) is 0 Å². The zero-order chi connectivity index (χ0) is 2.71. The molecule has 0 heterocycles. The predicted molar refractivity (Wildman–Crippen MR) is 14.7 cm³/mol. The fourth-order valence-electron chi connectivity index (χ4n) is 0. The van der Waals surface area contributed by atoms with E-state index in [0.717, 1.165) is 0 Å². The topological polar surface area (TPSA) is 37.3 Å². The molecule has 0 bridgehead atoms. The normalized spacial score (nSPS) is 2.00. The Labute approximate surface area is 70.4 Å². The molecule has 1 N–H and O–H groups in total. The van der Waals surface area contributed by atoms with Crippen LogP contribution in [0.25, 0.3) is 0 Å². The van der Waals surface area contributed by atoms with Gasteiger partial charge < -0.3 is 17.3 Å². The van der Waals surface area contributed by atoms with Gasteiger partial charge in [0.15, 0.2) is 0 Å². The molecule has 42 valence electrons.